The summed E-state index contributed by atoms with van der Waals surface area (Å²) in [4.78, 5) is 0.183. The molecule has 0 N–H and O–H groups in total. The van der Waals surface area contributed by atoms with Gasteiger partial charge in [0, 0.05) is 5.92 Å². The molecule has 0 aliphatic rings. The zero-order valence-electron chi connectivity index (χ0n) is 10.1. The van der Waals surface area contributed by atoms with Crippen molar-refractivity contribution in [1.29, 1.82) is 0 Å². The van der Waals surface area contributed by atoms with Crippen LogP contribution in [0, 0.1) is 12.8 Å². The zero-order valence-corrected chi connectivity index (χ0v) is 14.0. The molecule has 0 aromatic heterocycles. The first kappa shape index (κ1) is 15.9. The lowest BCUT2D eigenvalue weighted by molar-refractivity contribution is 0.288. The van der Waals surface area contributed by atoms with Crippen molar-refractivity contribution in [2.24, 2.45) is 5.92 Å². The Kier molecular flexibility index (Phi) is 6.04. The molecule has 6 heteroatoms. The molecular formula is C12H14Br2O3S. The molecule has 0 aliphatic heterocycles. The van der Waals surface area contributed by atoms with Gasteiger partial charge in [0.05, 0.1) is 14.9 Å². The Hall–Kier alpha value is -0.170. The molecule has 0 radical (unpaired) electrons. The van der Waals surface area contributed by atoms with Crippen LogP contribution in [0.2, 0.25) is 0 Å². The second-order valence-corrected chi connectivity index (χ2v) is 8.37. The molecule has 0 fully saturated rings. The molecule has 100 valence electrons. The van der Waals surface area contributed by atoms with Gasteiger partial charge in [-0.15, -0.1) is 0 Å². The van der Waals surface area contributed by atoms with Crippen LogP contribution in [0.15, 0.2) is 38.6 Å². The van der Waals surface area contributed by atoms with Gasteiger partial charge < -0.3 is 0 Å². The summed E-state index contributed by atoms with van der Waals surface area (Å²) in [6.07, 6.45) is 1.82. The molecular weight excluding hydrogens is 384 g/mol. The predicted molar refractivity (Wildman–Crippen MR) is 79.4 cm³/mol. The summed E-state index contributed by atoms with van der Waals surface area (Å²) < 4.78 is 29.5. The Labute approximate surface area is 125 Å². The van der Waals surface area contributed by atoms with Crippen molar-refractivity contribution < 1.29 is 12.6 Å². The van der Waals surface area contributed by atoms with Crippen molar-refractivity contribution in [3.8, 4) is 0 Å². The highest BCUT2D eigenvalue weighted by Crippen LogP contribution is 2.18. The van der Waals surface area contributed by atoms with Crippen LogP contribution in [-0.2, 0) is 14.3 Å². The summed E-state index contributed by atoms with van der Waals surface area (Å²) in [5, 5.41) is 0. The first-order valence-corrected chi connectivity index (χ1v) is 8.29. The summed E-state index contributed by atoms with van der Waals surface area (Å²) in [5.74, 6) is -0.0148. The van der Waals surface area contributed by atoms with Gasteiger partial charge >= 0.3 is 0 Å². The molecule has 0 spiro atoms. The van der Waals surface area contributed by atoms with E-state index in [2.05, 4.69) is 31.9 Å². The van der Waals surface area contributed by atoms with E-state index < -0.39 is 10.1 Å². The standard InChI is InChI=1S/C12H14Br2O3S/c1-9-3-5-11(6-4-9)18(15,16)17-8-10(2)7-12(13)14/h3-7,10H,8H2,1-2H3/t10-/m0/s1. The summed E-state index contributed by atoms with van der Waals surface area (Å²) in [7, 11) is -3.67. The number of halogens is 2. The van der Waals surface area contributed by atoms with Crippen molar-refractivity contribution in [1.82, 2.24) is 0 Å². The van der Waals surface area contributed by atoms with Gasteiger partial charge in [0.1, 0.15) is 0 Å². The van der Waals surface area contributed by atoms with Gasteiger partial charge in [-0.3, -0.25) is 4.18 Å². The lowest BCUT2D eigenvalue weighted by atomic mass is 10.2. The van der Waals surface area contributed by atoms with Crippen LogP contribution < -0.4 is 0 Å². The van der Waals surface area contributed by atoms with Gasteiger partial charge in [0.15, 0.2) is 0 Å². The highest BCUT2D eigenvalue weighted by atomic mass is 79.9. The molecule has 0 saturated carbocycles. The highest BCUT2D eigenvalue weighted by molar-refractivity contribution is 9.28. The first-order valence-electron chi connectivity index (χ1n) is 5.30. The highest BCUT2D eigenvalue weighted by Gasteiger charge is 2.15. The maximum atomic E-state index is 11.9. The SMILES string of the molecule is Cc1ccc(S(=O)(=O)OC[C@@H](C)C=C(Br)Br)cc1. The Morgan fingerprint density at radius 3 is 2.39 bits per heavy atom. The fourth-order valence-corrected chi connectivity index (χ4v) is 3.13. The van der Waals surface area contributed by atoms with Crippen molar-refractivity contribution in [2.45, 2.75) is 18.7 Å². The van der Waals surface area contributed by atoms with Gasteiger partial charge in [-0.2, -0.15) is 8.42 Å². The molecule has 0 bridgehead atoms. The van der Waals surface area contributed by atoms with E-state index in [1.807, 2.05) is 19.9 Å². The molecule has 3 nitrogen and oxygen atoms in total. The summed E-state index contributed by atoms with van der Waals surface area (Å²) in [6.45, 7) is 3.88. The molecule has 1 atom stereocenters. The average molecular weight is 398 g/mol. The van der Waals surface area contributed by atoms with Crippen LogP contribution in [0.3, 0.4) is 0 Å². The van der Waals surface area contributed by atoms with E-state index in [1.165, 1.54) is 0 Å². The van der Waals surface area contributed by atoms with Crippen molar-refractivity contribution in [2.75, 3.05) is 6.61 Å². The van der Waals surface area contributed by atoms with Crippen LogP contribution in [-0.4, -0.2) is 15.0 Å². The summed E-state index contributed by atoms with van der Waals surface area (Å²) in [6, 6.07) is 6.58. The molecule has 0 saturated heterocycles. The minimum atomic E-state index is -3.67. The smallest absolute Gasteiger partial charge is 0.266 e. The van der Waals surface area contributed by atoms with Gasteiger partial charge in [0.25, 0.3) is 10.1 Å². The lowest BCUT2D eigenvalue weighted by Crippen LogP contribution is -2.11. The van der Waals surface area contributed by atoms with Crippen molar-refractivity contribution >= 4 is 42.0 Å². The third-order valence-electron chi connectivity index (χ3n) is 2.21. The number of rotatable bonds is 5. The third-order valence-corrected chi connectivity index (χ3v) is 4.03. The molecule has 0 heterocycles. The number of aryl methyl sites for hydroxylation is 1. The number of hydrogen-bond donors (Lipinski definition) is 0. The van der Waals surface area contributed by atoms with Crippen molar-refractivity contribution in [3.63, 3.8) is 0 Å². The van der Waals surface area contributed by atoms with Crippen LogP contribution in [0.1, 0.15) is 12.5 Å². The van der Waals surface area contributed by atoms with E-state index in [1.54, 1.807) is 24.3 Å². The Morgan fingerprint density at radius 2 is 1.89 bits per heavy atom. The van der Waals surface area contributed by atoms with Crippen LogP contribution in [0.5, 0.6) is 0 Å². The Morgan fingerprint density at radius 1 is 1.33 bits per heavy atom. The Bertz CT molecular complexity index is 517. The minimum Gasteiger partial charge on any atom is -0.266 e. The minimum absolute atomic E-state index is 0.0148. The molecule has 1 aromatic rings. The normalized spacial score (nSPS) is 13.1. The topological polar surface area (TPSA) is 43.4 Å². The molecule has 0 amide bonds. The van der Waals surface area contributed by atoms with E-state index in [9.17, 15) is 8.42 Å². The largest absolute Gasteiger partial charge is 0.296 e. The molecule has 1 aromatic carbocycles. The third kappa shape index (κ3) is 5.22. The van der Waals surface area contributed by atoms with E-state index >= 15 is 0 Å². The average Bonchev–Trinajstić information content (AvgIpc) is 2.26. The predicted octanol–water partition coefficient (Wildman–Crippen LogP) is 3.97. The fourth-order valence-electron chi connectivity index (χ4n) is 1.23. The molecule has 18 heavy (non-hydrogen) atoms. The van der Waals surface area contributed by atoms with Gasteiger partial charge in [-0.05, 0) is 50.9 Å². The first-order chi connectivity index (χ1) is 8.31. The van der Waals surface area contributed by atoms with Gasteiger partial charge in [-0.25, -0.2) is 0 Å². The maximum Gasteiger partial charge on any atom is 0.296 e. The number of hydrogen-bond acceptors (Lipinski definition) is 3. The zero-order chi connectivity index (χ0) is 13.8. The fraction of sp³-hybridized carbons (Fsp3) is 0.333. The Balaban J connectivity index is 2.71. The summed E-state index contributed by atoms with van der Waals surface area (Å²) in [5.41, 5.74) is 1.01. The van der Waals surface area contributed by atoms with Gasteiger partial charge in [-0.1, -0.05) is 30.7 Å². The van der Waals surface area contributed by atoms with E-state index in [4.69, 9.17) is 4.18 Å². The quantitative estimate of drug-likeness (QED) is 0.706. The maximum absolute atomic E-state index is 11.9. The molecule has 0 unspecified atom stereocenters. The van der Waals surface area contributed by atoms with Crippen LogP contribution in [0.4, 0.5) is 0 Å². The lowest BCUT2D eigenvalue weighted by Gasteiger charge is -2.09. The second-order valence-electron chi connectivity index (χ2n) is 3.99. The van der Waals surface area contributed by atoms with Crippen molar-refractivity contribution in [3.05, 3.63) is 39.3 Å². The van der Waals surface area contributed by atoms with Crippen LogP contribution in [0.25, 0.3) is 0 Å². The van der Waals surface area contributed by atoms with Crippen LogP contribution >= 0.6 is 31.9 Å². The molecule has 1 rings (SSSR count). The van der Waals surface area contributed by atoms with E-state index in [0.29, 0.717) is 0 Å². The number of benzene rings is 1. The van der Waals surface area contributed by atoms with E-state index in [0.717, 1.165) is 8.96 Å². The van der Waals surface area contributed by atoms with Gasteiger partial charge in [0.2, 0.25) is 0 Å². The van der Waals surface area contributed by atoms with E-state index in [-0.39, 0.29) is 17.4 Å². The summed E-state index contributed by atoms with van der Waals surface area (Å²) >= 11 is 6.44. The molecule has 0 aliphatic carbocycles. The second kappa shape index (κ2) is 6.84. The monoisotopic (exact) mass is 396 g/mol.